The second kappa shape index (κ2) is 6.71. The number of aliphatic hydroxyl groups excluding tert-OH is 1. The molecule has 1 aromatic carbocycles. The molecule has 106 valence electrons. The van der Waals surface area contributed by atoms with E-state index >= 15 is 0 Å². The second-order valence-electron chi connectivity index (χ2n) is 5.67. The van der Waals surface area contributed by atoms with E-state index in [0.29, 0.717) is 16.1 Å². The molecule has 1 unspecified atom stereocenters. The van der Waals surface area contributed by atoms with Crippen LogP contribution in [0.3, 0.4) is 0 Å². The normalized spacial score (nSPS) is 19.8. The zero-order valence-corrected chi connectivity index (χ0v) is 12.2. The van der Waals surface area contributed by atoms with Gasteiger partial charge in [0.15, 0.2) is 0 Å². The van der Waals surface area contributed by atoms with Gasteiger partial charge in [-0.2, -0.15) is 0 Å². The van der Waals surface area contributed by atoms with Crippen molar-refractivity contribution < 1.29 is 9.50 Å². The molecule has 0 aromatic heterocycles. The standard InChI is InChI=1S/C16H22ClFO/c1-11-9-13(14(17)10-15(11)18)16(19)12-7-5-3-2-4-6-8-12/h9-10,12,16,19H,2-8H2,1H3. The number of aryl methyl sites for hydroxylation is 1. The van der Waals surface area contributed by atoms with Gasteiger partial charge in [-0.05, 0) is 48.9 Å². The average Bonchev–Trinajstić information content (AvgIpc) is 2.32. The van der Waals surface area contributed by atoms with Crippen molar-refractivity contribution in [3.05, 3.63) is 34.1 Å². The van der Waals surface area contributed by atoms with Crippen LogP contribution in [0.1, 0.15) is 62.2 Å². The Bertz CT molecular complexity index is 425. The molecule has 1 aliphatic rings. The van der Waals surface area contributed by atoms with Gasteiger partial charge in [0.05, 0.1) is 6.10 Å². The van der Waals surface area contributed by atoms with E-state index in [1.807, 2.05) is 0 Å². The maximum absolute atomic E-state index is 13.4. The molecule has 1 atom stereocenters. The van der Waals surface area contributed by atoms with Crippen LogP contribution in [-0.4, -0.2) is 5.11 Å². The lowest BCUT2D eigenvalue weighted by atomic mass is 9.84. The molecule has 19 heavy (non-hydrogen) atoms. The summed E-state index contributed by atoms with van der Waals surface area (Å²) in [7, 11) is 0. The summed E-state index contributed by atoms with van der Waals surface area (Å²) in [5.41, 5.74) is 1.23. The van der Waals surface area contributed by atoms with Gasteiger partial charge < -0.3 is 5.11 Å². The fourth-order valence-electron chi connectivity index (χ4n) is 2.96. The summed E-state index contributed by atoms with van der Waals surface area (Å²) >= 11 is 6.09. The Balaban J connectivity index is 2.17. The third-order valence-corrected chi connectivity index (χ3v) is 4.52. The fraction of sp³-hybridized carbons (Fsp3) is 0.625. The lowest BCUT2D eigenvalue weighted by Gasteiger charge is -2.26. The van der Waals surface area contributed by atoms with E-state index in [2.05, 4.69) is 0 Å². The van der Waals surface area contributed by atoms with Crippen LogP contribution in [0.15, 0.2) is 12.1 Å². The molecular weight excluding hydrogens is 263 g/mol. The van der Waals surface area contributed by atoms with Crippen molar-refractivity contribution >= 4 is 11.6 Å². The predicted molar refractivity (Wildman–Crippen MR) is 76.9 cm³/mol. The summed E-state index contributed by atoms with van der Waals surface area (Å²) in [6, 6.07) is 3.01. The summed E-state index contributed by atoms with van der Waals surface area (Å²) in [5.74, 6) is -0.0544. The minimum absolute atomic E-state index is 0.252. The topological polar surface area (TPSA) is 20.2 Å². The van der Waals surface area contributed by atoms with Gasteiger partial charge in [-0.3, -0.25) is 0 Å². The zero-order valence-electron chi connectivity index (χ0n) is 11.5. The average molecular weight is 285 g/mol. The van der Waals surface area contributed by atoms with Crippen molar-refractivity contribution in [2.75, 3.05) is 0 Å². The van der Waals surface area contributed by atoms with E-state index in [0.717, 1.165) is 12.8 Å². The van der Waals surface area contributed by atoms with Crippen LogP contribution in [0.2, 0.25) is 5.02 Å². The van der Waals surface area contributed by atoms with Crippen molar-refractivity contribution in [3.8, 4) is 0 Å². The van der Waals surface area contributed by atoms with Crippen LogP contribution in [-0.2, 0) is 0 Å². The third kappa shape index (κ3) is 3.70. The number of hydrogen-bond acceptors (Lipinski definition) is 1. The Labute approximate surface area is 119 Å². The molecule has 1 fully saturated rings. The van der Waals surface area contributed by atoms with Gasteiger partial charge in [-0.15, -0.1) is 0 Å². The fourth-order valence-corrected chi connectivity index (χ4v) is 3.23. The first kappa shape index (κ1) is 14.8. The van der Waals surface area contributed by atoms with Crippen molar-refractivity contribution in [3.63, 3.8) is 0 Å². The first-order valence-electron chi connectivity index (χ1n) is 7.23. The van der Waals surface area contributed by atoms with Gasteiger partial charge in [0.1, 0.15) is 5.82 Å². The van der Waals surface area contributed by atoms with Crippen LogP contribution >= 0.6 is 11.6 Å². The van der Waals surface area contributed by atoms with Gasteiger partial charge >= 0.3 is 0 Å². The van der Waals surface area contributed by atoms with Crippen LogP contribution in [0.25, 0.3) is 0 Å². The van der Waals surface area contributed by atoms with Gasteiger partial charge in [0.2, 0.25) is 0 Å². The number of halogens is 2. The van der Waals surface area contributed by atoms with Crippen molar-refractivity contribution in [1.29, 1.82) is 0 Å². The van der Waals surface area contributed by atoms with Crippen molar-refractivity contribution in [2.45, 2.75) is 58.0 Å². The largest absolute Gasteiger partial charge is 0.388 e. The molecule has 0 saturated heterocycles. The van der Waals surface area contributed by atoms with E-state index in [1.54, 1.807) is 13.0 Å². The molecule has 0 aliphatic heterocycles. The smallest absolute Gasteiger partial charge is 0.127 e. The molecule has 0 heterocycles. The second-order valence-corrected chi connectivity index (χ2v) is 6.08. The van der Waals surface area contributed by atoms with Gasteiger partial charge in [-0.1, -0.05) is 43.7 Å². The first-order chi connectivity index (χ1) is 9.09. The highest BCUT2D eigenvalue weighted by molar-refractivity contribution is 6.31. The highest BCUT2D eigenvalue weighted by Gasteiger charge is 2.24. The van der Waals surface area contributed by atoms with Crippen molar-refractivity contribution in [1.82, 2.24) is 0 Å². The quantitative estimate of drug-likeness (QED) is 0.793. The predicted octanol–water partition coefficient (Wildman–Crippen LogP) is 5.18. The first-order valence-corrected chi connectivity index (χ1v) is 7.61. The summed E-state index contributed by atoms with van der Waals surface area (Å²) < 4.78 is 13.4. The molecule has 1 N–H and O–H groups in total. The maximum Gasteiger partial charge on any atom is 0.127 e. The SMILES string of the molecule is Cc1cc(C(O)C2CCCCCCC2)c(Cl)cc1F. The highest BCUT2D eigenvalue weighted by atomic mass is 35.5. The lowest BCUT2D eigenvalue weighted by Crippen LogP contribution is -2.15. The van der Waals surface area contributed by atoms with E-state index in [9.17, 15) is 9.50 Å². The van der Waals surface area contributed by atoms with Gasteiger partial charge in [0, 0.05) is 5.02 Å². The Kier molecular flexibility index (Phi) is 5.23. The Morgan fingerprint density at radius 2 is 1.74 bits per heavy atom. The summed E-state index contributed by atoms with van der Waals surface area (Å²) in [6.07, 6.45) is 7.64. The number of hydrogen-bond donors (Lipinski definition) is 1. The molecule has 3 heteroatoms. The van der Waals surface area contributed by atoms with E-state index in [4.69, 9.17) is 11.6 Å². The Morgan fingerprint density at radius 3 is 2.37 bits per heavy atom. The highest BCUT2D eigenvalue weighted by Crippen LogP contribution is 2.36. The number of aliphatic hydroxyl groups is 1. The monoisotopic (exact) mass is 284 g/mol. The maximum atomic E-state index is 13.4. The van der Waals surface area contributed by atoms with E-state index < -0.39 is 6.10 Å². The summed E-state index contributed by atoms with van der Waals surface area (Å²) in [6.45, 7) is 1.71. The zero-order chi connectivity index (χ0) is 13.8. The molecule has 1 nitrogen and oxygen atoms in total. The number of benzene rings is 1. The lowest BCUT2D eigenvalue weighted by molar-refractivity contribution is 0.0912. The molecule has 0 amide bonds. The van der Waals surface area contributed by atoms with Gasteiger partial charge in [-0.25, -0.2) is 4.39 Å². The Hall–Kier alpha value is -0.600. The summed E-state index contributed by atoms with van der Waals surface area (Å²) in [5, 5.41) is 10.9. The number of rotatable bonds is 2. The van der Waals surface area contributed by atoms with Crippen LogP contribution < -0.4 is 0 Å². The van der Waals surface area contributed by atoms with Crippen LogP contribution in [0.4, 0.5) is 4.39 Å². The Morgan fingerprint density at radius 1 is 1.16 bits per heavy atom. The molecule has 0 radical (unpaired) electrons. The molecule has 1 aliphatic carbocycles. The molecular formula is C16H22ClFO. The third-order valence-electron chi connectivity index (χ3n) is 4.19. The van der Waals surface area contributed by atoms with Crippen molar-refractivity contribution in [2.24, 2.45) is 5.92 Å². The minimum atomic E-state index is -0.565. The summed E-state index contributed by atoms with van der Waals surface area (Å²) in [4.78, 5) is 0. The molecule has 1 aromatic rings. The van der Waals surface area contributed by atoms with Crippen LogP contribution in [0, 0.1) is 18.7 Å². The molecule has 1 saturated carbocycles. The molecule has 0 spiro atoms. The van der Waals surface area contributed by atoms with E-state index in [-0.39, 0.29) is 11.7 Å². The van der Waals surface area contributed by atoms with E-state index in [1.165, 1.54) is 38.2 Å². The molecule has 2 rings (SSSR count). The van der Waals surface area contributed by atoms with Crippen LogP contribution in [0.5, 0.6) is 0 Å². The minimum Gasteiger partial charge on any atom is -0.388 e. The molecule has 0 bridgehead atoms. The van der Waals surface area contributed by atoms with Gasteiger partial charge in [0.25, 0.3) is 0 Å².